The second kappa shape index (κ2) is 4.07. The van der Waals surface area contributed by atoms with E-state index >= 15 is 0 Å². The summed E-state index contributed by atoms with van der Waals surface area (Å²) in [5, 5.41) is 4.92. The fourth-order valence-corrected chi connectivity index (χ4v) is 3.23. The van der Waals surface area contributed by atoms with Gasteiger partial charge in [0.15, 0.2) is 0 Å². The van der Waals surface area contributed by atoms with E-state index in [2.05, 4.69) is 5.32 Å². The fraction of sp³-hybridized carbons (Fsp3) is 0.250. The van der Waals surface area contributed by atoms with Crippen LogP contribution in [0.3, 0.4) is 0 Å². The topological polar surface area (TPSA) is 49.4 Å². The fourth-order valence-electron chi connectivity index (χ4n) is 3.23. The maximum absolute atomic E-state index is 12.6. The number of fused-ring (bicyclic) bond motifs is 4. The summed E-state index contributed by atoms with van der Waals surface area (Å²) in [5.41, 5.74) is 1.26. The molecule has 1 atom stereocenters. The van der Waals surface area contributed by atoms with Crippen molar-refractivity contribution in [2.45, 2.75) is 18.9 Å². The third-order valence-electron chi connectivity index (χ3n) is 4.22. The summed E-state index contributed by atoms with van der Waals surface area (Å²) in [6.45, 7) is 0.670. The molecule has 100 valence electrons. The van der Waals surface area contributed by atoms with Crippen molar-refractivity contribution in [3.8, 4) is 0 Å². The van der Waals surface area contributed by atoms with Gasteiger partial charge in [-0.25, -0.2) is 0 Å². The summed E-state index contributed by atoms with van der Waals surface area (Å²) >= 11 is 0. The summed E-state index contributed by atoms with van der Waals surface area (Å²) in [6, 6.07) is 11.2. The predicted octanol–water partition coefficient (Wildman–Crippen LogP) is 2.40. The Balaban J connectivity index is 1.98. The minimum atomic E-state index is -0.311. The summed E-state index contributed by atoms with van der Waals surface area (Å²) in [5.74, 6) is -0.0995. The van der Waals surface area contributed by atoms with Crippen LogP contribution < -0.4 is 5.32 Å². The van der Waals surface area contributed by atoms with Crippen molar-refractivity contribution < 1.29 is 9.59 Å². The van der Waals surface area contributed by atoms with Crippen molar-refractivity contribution in [2.75, 3.05) is 11.9 Å². The molecule has 2 aromatic rings. The van der Waals surface area contributed by atoms with Crippen LogP contribution in [0.5, 0.6) is 0 Å². The van der Waals surface area contributed by atoms with Crippen LogP contribution in [-0.4, -0.2) is 29.3 Å². The number of anilines is 1. The molecule has 4 nitrogen and oxygen atoms in total. The van der Waals surface area contributed by atoms with Crippen molar-refractivity contribution >= 4 is 28.3 Å². The number of benzene rings is 2. The highest BCUT2D eigenvalue weighted by atomic mass is 16.2. The molecule has 1 unspecified atom stereocenters. The van der Waals surface area contributed by atoms with E-state index in [1.165, 1.54) is 0 Å². The highest BCUT2D eigenvalue weighted by molar-refractivity contribution is 6.16. The van der Waals surface area contributed by atoms with Crippen LogP contribution in [0.25, 0.3) is 10.8 Å². The van der Waals surface area contributed by atoms with Gasteiger partial charge < -0.3 is 10.2 Å². The van der Waals surface area contributed by atoms with Crippen LogP contribution in [0.15, 0.2) is 36.4 Å². The first-order valence-electron chi connectivity index (χ1n) is 6.89. The molecule has 2 aromatic carbocycles. The van der Waals surface area contributed by atoms with Crippen LogP contribution in [0.2, 0.25) is 0 Å². The number of carbonyl (C=O) groups excluding carboxylic acids is 2. The van der Waals surface area contributed by atoms with Gasteiger partial charge in [-0.3, -0.25) is 9.59 Å². The van der Waals surface area contributed by atoms with Gasteiger partial charge in [0.05, 0.1) is 11.3 Å². The van der Waals surface area contributed by atoms with Crippen molar-refractivity contribution in [3.63, 3.8) is 0 Å². The van der Waals surface area contributed by atoms with E-state index in [1.807, 2.05) is 36.4 Å². The first kappa shape index (κ1) is 11.5. The molecule has 2 aliphatic rings. The van der Waals surface area contributed by atoms with E-state index < -0.39 is 0 Å². The molecule has 4 heteroatoms. The summed E-state index contributed by atoms with van der Waals surface area (Å²) in [4.78, 5) is 26.7. The minimum Gasteiger partial charge on any atom is -0.327 e. The molecule has 1 N–H and O–H groups in total. The van der Waals surface area contributed by atoms with Crippen LogP contribution in [-0.2, 0) is 4.79 Å². The molecular weight excluding hydrogens is 252 g/mol. The lowest BCUT2D eigenvalue weighted by molar-refractivity contribution is -0.119. The molecule has 0 aliphatic carbocycles. The van der Waals surface area contributed by atoms with Gasteiger partial charge in [-0.2, -0.15) is 0 Å². The van der Waals surface area contributed by atoms with Crippen molar-refractivity contribution in [1.82, 2.24) is 4.90 Å². The third-order valence-corrected chi connectivity index (χ3v) is 4.22. The normalized spacial score (nSPS) is 21.4. The molecule has 2 aliphatic heterocycles. The molecule has 4 rings (SSSR count). The maximum atomic E-state index is 12.6. The predicted molar refractivity (Wildman–Crippen MR) is 76.6 cm³/mol. The summed E-state index contributed by atoms with van der Waals surface area (Å²) < 4.78 is 0. The highest BCUT2D eigenvalue weighted by Crippen LogP contribution is 2.33. The zero-order valence-electron chi connectivity index (χ0n) is 10.9. The first-order chi connectivity index (χ1) is 9.75. The highest BCUT2D eigenvalue weighted by Gasteiger charge is 2.38. The quantitative estimate of drug-likeness (QED) is 0.796. The van der Waals surface area contributed by atoms with E-state index in [9.17, 15) is 9.59 Å². The van der Waals surface area contributed by atoms with Crippen molar-refractivity contribution in [1.29, 1.82) is 0 Å². The van der Waals surface area contributed by atoms with Gasteiger partial charge in [0, 0.05) is 11.9 Å². The van der Waals surface area contributed by atoms with Gasteiger partial charge in [-0.05, 0) is 24.3 Å². The van der Waals surface area contributed by atoms with Gasteiger partial charge >= 0.3 is 0 Å². The Bertz CT molecular complexity index is 738. The number of hydrogen-bond donors (Lipinski definition) is 1. The van der Waals surface area contributed by atoms with Gasteiger partial charge in [0.25, 0.3) is 5.91 Å². The summed E-state index contributed by atoms with van der Waals surface area (Å²) in [6.07, 6.45) is 1.65. The Morgan fingerprint density at radius 2 is 1.95 bits per heavy atom. The Labute approximate surface area is 116 Å². The average Bonchev–Trinajstić information content (AvgIpc) is 2.93. The largest absolute Gasteiger partial charge is 0.327 e. The number of nitrogens with zero attached hydrogens (tertiary/aromatic N) is 1. The van der Waals surface area contributed by atoms with Gasteiger partial charge in [0.2, 0.25) is 5.91 Å². The molecule has 2 amide bonds. The van der Waals surface area contributed by atoms with E-state index in [1.54, 1.807) is 4.90 Å². The number of amides is 2. The molecule has 0 radical (unpaired) electrons. The van der Waals surface area contributed by atoms with Gasteiger partial charge in [-0.1, -0.05) is 30.3 Å². The molecule has 20 heavy (non-hydrogen) atoms. The molecule has 0 bridgehead atoms. The number of rotatable bonds is 0. The van der Waals surface area contributed by atoms with E-state index in [-0.39, 0.29) is 17.9 Å². The Morgan fingerprint density at radius 1 is 1.10 bits per heavy atom. The van der Waals surface area contributed by atoms with E-state index in [4.69, 9.17) is 0 Å². The number of carbonyl (C=O) groups is 2. The lowest BCUT2D eigenvalue weighted by atomic mass is 10.0. The molecule has 1 fully saturated rings. The maximum Gasteiger partial charge on any atom is 0.256 e. The SMILES string of the molecule is O=C1Nc2c(ccc3ccccc23)C(=O)N2CCCC12. The van der Waals surface area contributed by atoms with Crippen LogP contribution in [0.4, 0.5) is 5.69 Å². The second-order valence-electron chi connectivity index (χ2n) is 5.36. The van der Waals surface area contributed by atoms with E-state index in [0.29, 0.717) is 17.8 Å². The Hall–Kier alpha value is -2.36. The number of hydrogen-bond acceptors (Lipinski definition) is 2. The average molecular weight is 266 g/mol. The minimum absolute atomic E-state index is 0.0356. The number of nitrogens with one attached hydrogen (secondary N) is 1. The zero-order chi connectivity index (χ0) is 13.7. The standard InChI is InChI=1S/C16H14N2O2/c19-15-13-6-3-9-18(13)16(20)12-8-7-10-4-1-2-5-11(10)14(12)17-15/h1-2,4-5,7-8,13H,3,6,9H2,(H,17,19). The third kappa shape index (κ3) is 1.48. The lowest BCUT2D eigenvalue weighted by Crippen LogP contribution is -2.40. The molecule has 1 saturated heterocycles. The zero-order valence-corrected chi connectivity index (χ0v) is 10.9. The Morgan fingerprint density at radius 3 is 2.85 bits per heavy atom. The van der Waals surface area contributed by atoms with Crippen LogP contribution >= 0.6 is 0 Å². The molecule has 0 saturated carbocycles. The van der Waals surface area contributed by atoms with Crippen molar-refractivity contribution in [2.24, 2.45) is 0 Å². The Kier molecular flexibility index (Phi) is 2.33. The molecule has 2 heterocycles. The first-order valence-corrected chi connectivity index (χ1v) is 6.89. The van der Waals surface area contributed by atoms with Gasteiger partial charge in [0.1, 0.15) is 6.04 Å². The second-order valence-corrected chi connectivity index (χ2v) is 5.36. The van der Waals surface area contributed by atoms with Crippen LogP contribution in [0.1, 0.15) is 23.2 Å². The lowest BCUT2D eigenvalue weighted by Gasteiger charge is -2.19. The van der Waals surface area contributed by atoms with Crippen LogP contribution in [0, 0.1) is 0 Å². The summed E-state index contributed by atoms with van der Waals surface area (Å²) in [7, 11) is 0. The smallest absolute Gasteiger partial charge is 0.256 e. The molecular formula is C16H14N2O2. The van der Waals surface area contributed by atoms with Crippen molar-refractivity contribution in [3.05, 3.63) is 42.0 Å². The molecule has 0 aromatic heterocycles. The monoisotopic (exact) mass is 266 g/mol. The van der Waals surface area contributed by atoms with E-state index in [0.717, 1.165) is 23.6 Å². The van der Waals surface area contributed by atoms with Gasteiger partial charge in [-0.15, -0.1) is 0 Å². The molecule has 0 spiro atoms.